The first kappa shape index (κ1) is 23.3. The molecule has 0 unspecified atom stereocenters. The van der Waals surface area contributed by atoms with Gasteiger partial charge in [-0.05, 0) is 0 Å². The summed E-state index contributed by atoms with van der Waals surface area (Å²) in [7, 11) is 0. The van der Waals surface area contributed by atoms with Crippen molar-refractivity contribution in [3.63, 3.8) is 0 Å². The summed E-state index contributed by atoms with van der Waals surface area (Å²) >= 11 is 5.47. The summed E-state index contributed by atoms with van der Waals surface area (Å²) < 4.78 is 81.3. The van der Waals surface area contributed by atoms with Crippen molar-refractivity contribution in [3.8, 4) is 5.75 Å². The zero-order chi connectivity index (χ0) is 22.6. The van der Waals surface area contributed by atoms with E-state index < -0.39 is 65.4 Å². The van der Waals surface area contributed by atoms with Gasteiger partial charge in [0.15, 0.2) is 0 Å². The third-order valence-corrected chi connectivity index (χ3v) is 3.81. The van der Waals surface area contributed by atoms with E-state index in [0.29, 0.717) is 0 Å². The van der Waals surface area contributed by atoms with Crippen LogP contribution in [0, 0.1) is 10.1 Å². The van der Waals surface area contributed by atoms with Crippen LogP contribution in [-0.4, -0.2) is 33.6 Å². The molecule has 0 aliphatic carbocycles. The van der Waals surface area contributed by atoms with Gasteiger partial charge in [0.05, 0.1) is 21.7 Å². The Morgan fingerprint density at radius 2 is 1.87 bits per heavy atom. The molecule has 1 N–H and O–H groups in total. The summed E-state index contributed by atoms with van der Waals surface area (Å²) in [6, 6.07) is 2.65. The monoisotopic (exact) mass is 460 g/mol. The lowest BCUT2D eigenvalue weighted by atomic mass is 10.2. The number of amides is 1. The Bertz CT molecular complexity index is 940. The molecule has 1 aromatic carbocycles. The molecule has 0 radical (unpaired) electrons. The Balaban J connectivity index is 2.26. The fraction of sp³-hybridized carbons (Fsp3) is 0.333. The number of benzene rings is 1. The number of hydrogen-bond acceptors (Lipinski definition) is 5. The van der Waals surface area contributed by atoms with Gasteiger partial charge in [-0.2, -0.15) is 5.10 Å². The molecule has 2 rings (SSSR count). The molecule has 0 aliphatic rings. The highest BCUT2D eigenvalue weighted by Gasteiger charge is 2.28. The van der Waals surface area contributed by atoms with Crippen LogP contribution in [0.15, 0.2) is 18.2 Å². The maximum atomic E-state index is 13.1. The van der Waals surface area contributed by atoms with Gasteiger partial charge in [0.2, 0.25) is 5.91 Å². The third-order valence-electron chi connectivity index (χ3n) is 3.42. The quantitative estimate of drug-likeness (QED) is 0.335. The van der Waals surface area contributed by atoms with Crippen molar-refractivity contribution in [2.75, 3.05) is 11.9 Å². The molecule has 0 fully saturated rings. The number of nitro groups is 1. The molecule has 1 heterocycles. The highest BCUT2D eigenvalue weighted by Crippen LogP contribution is 2.34. The van der Waals surface area contributed by atoms with E-state index >= 15 is 0 Å². The smallest absolute Gasteiger partial charge is 0.283 e. The summed E-state index contributed by atoms with van der Waals surface area (Å²) in [5, 5.41) is 15.2. The Labute approximate surface area is 168 Å². The average Bonchev–Trinajstić information content (AvgIpc) is 2.95. The molecule has 2 aromatic rings. The maximum absolute atomic E-state index is 13.1. The van der Waals surface area contributed by atoms with Gasteiger partial charge >= 0.3 is 0 Å². The second kappa shape index (κ2) is 9.65. The zero-order valence-corrected chi connectivity index (χ0v) is 15.3. The molecule has 1 amide bonds. The summed E-state index contributed by atoms with van der Waals surface area (Å²) in [5.41, 5.74) is -3.16. The molecule has 0 bridgehead atoms. The van der Waals surface area contributed by atoms with E-state index in [0.717, 1.165) is 18.2 Å². The number of halogens is 7. The largest absolute Gasteiger partial charge is 0.487 e. The van der Waals surface area contributed by atoms with Crippen molar-refractivity contribution in [3.05, 3.63) is 44.7 Å². The number of nitrogens with zero attached hydrogens (tertiary/aromatic N) is 3. The number of carbonyl (C=O) groups is 1. The van der Waals surface area contributed by atoms with Crippen LogP contribution in [0.2, 0.25) is 5.02 Å². The van der Waals surface area contributed by atoms with Crippen LogP contribution >= 0.6 is 11.6 Å². The average molecular weight is 461 g/mol. The van der Waals surface area contributed by atoms with Crippen molar-refractivity contribution >= 4 is 28.9 Å². The van der Waals surface area contributed by atoms with Gasteiger partial charge in [-0.3, -0.25) is 19.6 Å². The molecule has 30 heavy (non-hydrogen) atoms. The van der Waals surface area contributed by atoms with Crippen LogP contribution < -0.4 is 10.1 Å². The molecule has 164 valence electrons. The van der Waals surface area contributed by atoms with Gasteiger partial charge in [-0.25, -0.2) is 26.3 Å². The lowest BCUT2D eigenvalue weighted by Gasteiger charge is -2.10. The van der Waals surface area contributed by atoms with Gasteiger partial charge in [-0.15, -0.1) is 0 Å². The van der Waals surface area contributed by atoms with Gasteiger partial charge in [0.1, 0.15) is 30.3 Å². The number of aromatic nitrogens is 2. The van der Waals surface area contributed by atoms with Crippen molar-refractivity contribution in [2.24, 2.45) is 0 Å². The Morgan fingerprint density at radius 1 is 1.20 bits per heavy atom. The van der Waals surface area contributed by atoms with E-state index in [1.165, 1.54) is 0 Å². The molecule has 1 aromatic heterocycles. The van der Waals surface area contributed by atoms with Gasteiger partial charge in [0.25, 0.3) is 25.0 Å². The first-order chi connectivity index (χ1) is 14.0. The fourth-order valence-corrected chi connectivity index (χ4v) is 2.58. The number of rotatable bonds is 9. The molecule has 8 nitrogen and oxygen atoms in total. The Hall–Kier alpha value is -3.03. The fourth-order valence-electron chi connectivity index (χ4n) is 2.28. The van der Waals surface area contributed by atoms with E-state index in [9.17, 15) is 41.3 Å². The van der Waals surface area contributed by atoms with Crippen molar-refractivity contribution < 1.29 is 40.8 Å². The Kier molecular flexibility index (Phi) is 7.48. The van der Waals surface area contributed by atoms with Crippen LogP contribution in [0.4, 0.5) is 37.7 Å². The van der Waals surface area contributed by atoms with E-state index in [-0.39, 0.29) is 16.1 Å². The van der Waals surface area contributed by atoms with E-state index in [2.05, 4.69) is 15.2 Å². The highest BCUT2D eigenvalue weighted by atomic mass is 35.5. The Morgan fingerprint density at radius 3 is 2.40 bits per heavy atom. The molecule has 0 atom stereocenters. The minimum Gasteiger partial charge on any atom is -0.487 e. The number of anilines is 1. The van der Waals surface area contributed by atoms with Gasteiger partial charge < -0.3 is 10.1 Å². The number of nitro benzene ring substituents is 1. The van der Waals surface area contributed by atoms with Crippen molar-refractivity contribution in [1.29, 1.82) is 0 Å². The second-order valence-corrected chi connectivity index (χ2v) is 5.94. The summed E-state index contributed by atoms with van der Waals surface area (Å²) in [6.07, 6.45) is -9.47. The molecular formula is C15H11ClF6N4O4. The standard InChI is InChI=1S/C15H11ClF6N4O4/c16-11-12(14(19)20)24-25(13(11)15(21)22)4-10(27)23-6-1-7(26(28)29)3-8(2-6)30-5-9(17)18/h1-3,9,14-15H,4-5H2,(H,23,27). The molecule has 0 saturated carbocycles. The van der Waals surface area contributed by atoms with E-state index in [1.807, 2.05) is 0 Å². The third kappa shape index (κ3) is 5.75. The number of non-ortho nitro benzene ring substituents is 1. The molecule has 0 saturated heterocycles. The summed E-state index contributed by atoms with van der Waals surface area (Å²) in [4.78, 5) is 22.2. The predicted octanol–water partition coefficient (Wildman–Crippen LogP) is 4.60. The second-order valence-electron chi connectivity index (χ2n) is 5.57. The topological polar surface area (TPSA) is 99.3 Å². The number of carbonyl (C=O) groups excluding carboxylic acids is 1. The van der Waals surface area contributed by atoms with Crippen molar-refractivity contribution in [2.45, 2.75) is 25.8 Å². The van der Waals surface area contributed by atoms with Crippen LogP contribution in [0.1, 0.15) is 24.2 Å². The van der Waals surface area contributed by atoms with Crippen LogP contribution in [0.3, 0.4) is 0 Å². The van der Waals surface area contributed by atoms with Crippen molar-refractivity contribution in [1.82, 2.24) is 9.78 Å². The predicted molar refractivity (Wildman–Crippen MR) is 90.4 cm³/mol. The van der Waals surface area contributed by atoms with Crippen LogP contribution in [0.5, 0.6) is 5.75 Å². The lowest BCUT2D eigenvalue weighted by molar-refractivity contribution is -0.384. The van der Waals surface area contributed by atoms with E-state index in [1.54, 1.807) is 0 Å². The van der Waals surface area contributed by atoms with Gasteiger partial charge in [0, 0.05) is 12.1 Å². The SMILES string of the molecule is O=C(Cn1nc(C(F)F)c(Cl)c1C(F)F)Nc1cc(OCC(F)F)cc([N+](=O)[O-])c1. The lowest BCUT2D eigenvalue weighted by Crippen LogP contribution is -2.21. The first-order valence-corrected chi connectivity index (χ1v) is 8.20. The number of nitrogens with one attached hydrogen (secondary N) is 1. The molecule has 15 heteroatoms. The molecule has 0 spiro atoms. The number of hydrogen-bond donors (Lipinski definition) is 1. The van der Waals surface area contributed by atoms with Crippen LogP contribution in [0.25, 0.3) is 0 Å². The zero-order valence-electron chi connectivity index (χ0n) is 14.5. The summed E-state index contributed by atoms with van der Waals surface area (Å²) in [5.74, 6) is -1.45. The maximum Gasteiger partial charge on any atom is 0.283 e. The van der Waals surface area contributed by atoms with Gasteiger partial charge in [-0.1, -0.05) is 11.6 Å². The van der Waals surface area contributed by atoms with E-state index in [4.69, 9.17) is 11.6 Å². The van der Waals surface area contributed by atoms with Crippen LogP contribution in [-0.2, 0) is 11.3 Å². The minimum absolute atomic E-state index is 0.273. The normalized spacial score (nSPS) is 11.4. The highest BCUT2D eigenvalue weighted by molar-refractivity contribution is 6.32. The molecular weight excluding hydrogens is 450 g/mol. The number of ether oxygens (including phenoxy) is 1. The number of alkyl halides is 6. The molecule has 0 aliphatic heterocycles. The minimum atomic E-state index is -3.32. The first-order valence-electron chi connectivity index (χ1n) is 7.82. The summed E-state index contributed by atoms with van der Waals surface area (Å²) in [6.45, 7) is -2.06.